The zero-order valence-electron chi connectivity index (χ0n) is 21.3. The van der Waals surface area contributed by atoms with Crippen LogP contribution < -0.4 is 4.74 Å². The van der Waals surface area contributed by atoms with E-state index in [0.717, 1.165) is 42.0 Å². The lowest BCUT2D eigenvalue weighted by atomic mass is 10.1. The van der Waals surface area contributed by atoms with Crippen LogP contribution in [-0.4, -0.2) is 60.2 Å². The highest BCUT2D eigenvalue weighted by molar-refractivity contribution is 5.95. The number of nitrogens with zero attached hydrogens (tertiary/aromatic N) is 6. The quantitative estimate of drug-likeness (QED) is 0.304. The first kappa shape index (κ1) is 23.4. The fourth-order valence-electron chi connectivity index (χ4n) is 5.24. The van der Waals surface area contributed by atoms with Crippen LogP contribution in [0.5, 0.6) is 5.75 Å². The average molecular weight is 521 g/mol. The van der Waals surface area contributed by atoms with Crippen LogP contribution in [0.25, 0.3) is 56.1 Å². The van der Waals surface area contributed by atoms with Crippen LogP contribution in [0.3, 0.4) is 0 Å². The predicted molar refractivity (Wildman–Crippen MR) is 146 cm³/mol. The molecule has 6 aromatic rings. The van der Waals surface area contributed by atoms with Crippen molar-refractivity contribution in [2.75, 3.05) is 20.2 Å². The van der Waals surface area contributed by atoms with Gasteiger partial charge in [-0.15, -0.1) is 0 Å². The number of hydrogen-bond donors (Lipinski definition) is 2. The molecule has 2 N–H and O–H groups in total. The number of benzene rings is 1. The van der Waals surface area contributed by atoms with Gasteiger partial charge in [-0.3, -0.25) is 15.0 Å². The molecule has 1 saturated heterocycles. The smallest absolute Gasteiger partial charge is 0.178 e. The molecule has 1 aliphatic heterocycles. The summed E-state index contributed by atoms with van der Waals surface area (Å²) in [6, 6.07) is 12.5. The summed E-state index contributed by atoms with van der Waals surface area (Å²) in [4.78, 5) is 24.4. The first-order chi connectivity index (χ1) is 19.1. The fraction of sp³-hybridized carbons (Fsp3) is 0.207. The number of rotatable bonds is 6. The Morgan fingerprint density at radius 1 is 1.00 bits per heavy atom. The van der Waals surface area contributed by atoms with E-state index in [0.29, 0.717) is 39.5 Å². The van der Waals surface area contributed by atoms with E-state index in [1.807, 2.05) is 30.6 Å². The second-order valence-electron chi connectivity index (χ2n) is 9.75. The second kappa shape index (κ2) is 9.55. The third-order valence-corrected chi connectivity index (χ3v) is 7.14. The number of aromatic amines is 2. The molecule has 0 unspecified atom stereocenters. The lowest BCUT2D eigenvalue weighted by Gasteiger charge is -2.14. The molecule has 0 amide bonds. The molecule has 7 rings (SSSR count). The van der Waals surface area contributed by atoms with Crippen LogP contribution in [0.4, 0.5) is 4.39 Å². The number of ether oxygens (including phenoxy) is 1. The van der Waals surface area contributed by atoms with Crippen LogP contribution in [0, 0.1) is 5.82 Å². The van der Waals surface area contributed by atoms with Gasteiger partial charge in [0, 0.05) is 42.3 Å². The van der Waals surface area contributed by atoms with E-state index in [2.05, 4.69) is 36.1 Å². The summed E-state index contributed by atoms with van der Waals surface area (Å²) in [7, 11) is 1.51. The third-order valence-electron chi connectivity index (χ3n) is 7.14. The molecule has 0 saturated carbocycles. The molecular formula is C29H25FN8O. The van der Waals surface area contributed by atoms with Gasteiger partial charge in [-0.25, -0.2) is 19.3 Å². The van der Waals surface area contributed by atoms with Crippen LogP contribution in [0.1, 0.15) is 18.4 Å². The zero-order chi connectivity index (χ0) is 26.3. The topological polar surface area (TPSA) is 108 Å². The molecule has 10 heteroatoms. The van der Waals surface area contributed by atoms with Crippen LogP contribution in [-0.2, 0) is 6.54 Å². The van der Waals surface area contributed by atoms with Gasteiger partial charge in [0.15, 0.2) is 17.2 Å². The van der Waals surface area contributed by atoms with Gasteiger partial charge in [-0.1, -0.05) is 0 Å². The van der Waals surface area contributed by atoms with Crippen molar-refractivity contribution >= 4 is 22.2 Å². The Morgan fingerprint density at radius 3 is 2.77 bits per heavy atom. The van der Waals surface area contributed by atoms with E-state index in [4.69, 9.17) is 14.7 Å². The van der Waals surface area contributed by atoms with E-state index in [1.54, 1.807) is 12.3 Å². The minimum atomic E-state index is -0.386. The van der Waals surface area contributed by atoms with Crippen molar-refractivity contribution in [1.82, 2.24) is 40.0 Å². The molecule has 39 heavy (non-hydrogen) atoms. The van der Waals surface area contributed by atoms with Crippen molar-refractivity contribution in [3.63, 3.8) is 0 Å². The summed E-state index contributed by atoms with van der Waals surface area (Å²) < 4.78 is 19.5. The average Bonchev–Trinajstić information content (AvgIpc) is 3.72. The van der Waals surface area contributed by atoms with Gasteiger partial charge < -0.3 is 9.72 Å². The number of H-pyrrole nitrogens is 2. The van der Waals surface area contributed by atoms with E-state index in [-0.39, 0.29) is 5.82 Å². The van der Waals surface area contributed by atoms with Gasteiger partial charge in [-0.05, 0) is 73.5 Å². The Balaban J connectivity index is 1.28. The molecule has 6 heterocycles. The Labute approximate surface area is 223 Å². The molecule has 0 radical (unpaired) electrons. The van der Waals surface area contributed by atoms with Crippen molar-refractivity contribution < 1.29 is 9.13 Å². The van der Waals surface area contributed by atoms with E-state index in [1.165, 1.54) is 37.6 Å². The van der Waals surface area contributed by atoms with Crippen molar-refractivity contribution in [1.29, 1.82) is 0 Å². The van der Waals surface area contributed by atoms with Gasteiger partial charge in [0.2, 0.25) is 0 Å². The zero-order valence-corrected chi connectivity index (χ0v) is 21.3. The molecule has 1 aliphatic rings. The van der Waals surface area contributed by atoms with Gasteiger partial charge in [0.1, 0.15) is 17.1 Å². The normalized spacial score (nSPS) is 14.0. The summed E-state index contributed by atoms with van der Waals surface area (Å²) in [5, 5.41) is 7.57. The molecule has 9 nitrogen and oxygen atoms in total. The lowest BCUT2D eigenvalue weighted by Crippen LogP contribution is -2.18. The summed E-state index contributed by atoms with van der Waals surface area (Å²) in [6.45, 7) is 3.16. The minimum Gasteiger partial charge on any atom is -0.497 e. The molecular weight excluding hydrogens is 495 g/mol. The van der Waals surface area contributed by atoms with Crippen LogP contribution in [0.2, 0.25) is 0 Å². The Kier molecular flexibility index (Phi) is 5.74. The predicted octanol–water partition coefficient (Wildman–Crippen LogP) is 5.37. The van der Waals surface area contributed by atoms with Gasteiger partial charge in [-0.2, -0.15) is 5.10 Å². The van der Waals surface area contributed by atoms with Crippen molar-refractivity contribution in [2.45, 2.75) is 19.4 Å². The summed E-state index contributed by atoms with van der Waals surface area (Å²) in [5.41, 5.74) is 7.57. The first-order valence-corrected chi connectivity index (χ1v) is 12.9. The number of pyridine rings is 3. The summed E-state index contributed by atoms with van der Waals surface area (Å²) in [6.07, 6.45) is 7.93. The number of fused-ring (bicyclic) bond motifs is 2. The van der Waals surface area contributed by atoms with Gasteiger partial charge >= 0.3 is 0 Å². The molecule has 0 atom stereocenters. The number of halogens is 1. The SMILES string of the molecule is COc1cc(F)cc(-c2ccnc3nc(-c4n[nH]c5ccc(-c6cncc(CN7CCCC7)c6)nc45)[nH]c23)c1. The van der Waals surface area contributed by atoms with Crippen molar-refractivity contribution in [2.24, 2.45) is 0 Å². The Bertz CT molecular complexity index is 1820. The highest BCUT2D eigenvalue weighted by Gasteiger charge is 2.18. The standard InChI is InChI=1S/C29H25FN8O/c1-39-21-12-18(11-20(30)13-21)22-6-7-32-28-25(22)34-29(35-28)27-26-24(36-37-27)5-4-23(33-26)19-10-17(14-31-15-19)16-38-8-2-3-9-38/h4-7,10-15H,2-3,8-9,16H2,1H3,(H,36,37)(H,32,34,35). The summed E-state index contributed by atoms with van der Waals surface area (Å²) >= 11 is 0. The molecule has 5 aromatic heterocycles. The molecule has 1 aromatic carbocycles. The highest BCUT2D eigenvalue weighted by atomic mass is 19.1. The lowest BCUT2D eigenvalue weighted by molar-refractivity contribution is 0.331. The highest BCUT2D eigenvalue weighted by Crippen LogP contribution is 2.33. The molecule has 0 aliphatic carbocycles. The number of imidazole rings is 1. The number of likely N-dealkylation sites (tertiary alicyclic amines) is 1. The van der Waals surface area contributed by atoms with Crippen LogP contribution >= 0.6 is 0 Å². The number of nitrogens with one attached hydrogen (secondary N) is 2. The fourth-order valence-corrected chi connectivity index (χ4v) is 5.24. The summed E-state index contributed by atoms with van der Waals surface area (Å²) in [5.74, 6) is 0.567. The van der Waals surface area contributed by atoms with E-state index in [9.17, 15) is 4.39 Å². The number of hydrogen-bond acceptors (Lipinski definition) is 7. The maximum atomic E-state index is 14.3. The largest absolute Gasteiger partial charge is 0.497 e. The Morgan fingerprint density at radius 2 is 1.90 bits per heavy atom. The maximum absolute atomic E-state index is 14.3. The molecule has 194 valence electrons. The minimum absolute atomic E-state index is 0.386. The molecule has 1 fully saturated rings. The maximum Gasteiger partial charge on any atom is 0.178 e. The monoisotopic (exact) mass is 520 g/mol. The first-order valence-electron chi connectivity index (χ1n) is 12.9. The van der Waals surface area contributed by atoms with Gasteiger partial charge in [0.25, 0.3) is 0 Å². The molecule has 0 spiro atoms. The van der Waals surface area contributed by atoms with E-state index >= 15 is 0 Å². The number of aromatic nitrogens is 7. The Hall–Kier alpha value is -4.70. The second-order valence-corrected chi connectivity index (χ2v) is 9.75. The van der Waals surface area contributed by atoms with Crippen molar-refractivity contribution in [3.05, 3.63) is 72.4 Å². The number of methoxy groups -OCH3 is 1. The third kappa shape index (κ3) is 4.38. The van der Waals surface area contributed by atoms with E-state index < -0.39 is 0 Å². The molecule has 0 bridgehead atoms. The van der Waals surface area contributed by atoms with Crippen LogP contribution in [0.15, 0.2) is 61.1 Å². The van der Waals surface area contributed by atoms with Crippen molar-refractivity contribution in [3.8, 4) is 39.7 Å². The van der Waals surface area contributed by atoms with Gasteiger partial charge in [0.05, 0.1) is 23.8 Å².